The molecule has 0 saturated carbocycles. The highest BCUT2D eigenvalue weighted by molar-refractivity contribution is 8.12. The first-order valence-corrected chi connectivity index (χ1v) is 8.73. The summed E-state index contributed by atoms with van der Waals surface area (Å²) in [6, 6.07) is 0. The van der Waals surface area contributed by atoms with Crippen LogP contribution in [0.15, 0.2) is 0 Å². The Kier molecular flexibility index (Phi) is 5.98. The van der Waals surface area contributed by atoms with Crippen molar-refractivity contribution >= 4 is 17.0 Å². The second kappa shape index (κ2) is 7.50. The fourth-order valence-corrected chi connectivity index (χ4v) is 3.53. The van der Waals surface area contributed by atoms with Gasteiger partial charge < -0.3 is 9.80 Å². The van der Waals surface area contributed by atoms with Gasteiger partial charge in [0.1, 0.15) is 0 Å². The lowest BCUT2D eigenvalue weighted by molar-refractivity contribution is 0.112. The summed E-state index contributed by atoms with van der Waals surface area (Å²) in [5.41, 5.74) is 0. The van der Waals surface area contributed by atoms with Crippen LogP contribution in [0.3, 0.4) is 0 Å². The molecule has 5 heteroatoms. The summed E-state index contributed by atoms with van der Waals surface area (Å²) in [6.07, 6.45) is 4.56. The Morgan fingerprint density at radius 1 is 1.05 bits per heavy atom. The van der Waals surface area contributed by atoms with Gasteiger partial charge in [0.25, 0.3) is 5.24 Å². The Morgan fingerprint density at radius 3 is 2.21 bits per heavy atom. The van der Waals surface area contributed by atoms with E-state index in [0.29, 0.717) is 0 Å². The molecule has 0 spiro atoms. The second-order valence-electron chi connectivity index (χ2n) is 5.64. The number of nitrogens with zero attached hydrogens (tertiary/aromatic N) is 3. The maximum absolute atomic E-state index is 11.6. The second-order valence-corrected chi connectivity index (χ2v) is 6.39. The highest BCUT2D eigenvalue weighted by atomic mass is 32.2. The van der Waals surface area contributed by atoms with Crippen LogP contribution in [0.5, 0.6) is 0 Å². The standard InChI is InChI=1S/C14H27N3OS/c1-3-15-6-4-13(5-7-15)12-16-8-10-17(11-9-16)14(18)19-2/h13H,3-12H2,1-2H3. The molecule has 0 aromatic heterocycles. The lowest BCUT2D eigenvalue weighted by atomic mass is 9.96. The first kappa shape index (κ1) is 15.1. The van der Waals surface area contributed by atoms with Crippen molar-refractivity contribution in [2.45, 2.75) is 19.8 Å². The third kappa shape index (κ3) is 4.36. The smallest absolute Gasteiger partial charge is 0.281 e. The van der Waals surface area contributed by atoms with Crippen LogP contribution in [0.1, 0.15) is 19.8 Å². The number of thioether (sulfide) groups is 1. The molecule has 110 valence electrons. The molecule has 0 N–H and O–H groups in total. The maximum Gasteiger partial charge on any atom is 0.281 e. The van der Waals surface area contributed by atoms with Gasteiger partial charge in [0.15, 0.2) is 0 Å². The number of hydrogen-bond acceptors (Lipinski definition) is 4. The van der Waals surface area contributed by atoms with E-state index in [0.717, 1.165) is 32.1 Å². The van der Waals surface area contributed by atoms with Crippen molar-refractivity contribution in [2.24, 2.45) is 5.92 Å². The first-order chi connectivity index (χ1) is 9.22. The molecule has 2 aliphatic heterocycles. The molecule has 2 fully saturated rings. The quantitative estimate of drug-likeness (QED) is 0.790. The molecule has 2 rings (SSSR count). The molecule has 0 aliphatic carbocycles. The van der Waals surface area contributed by atoms with Gasteiger partial charge in [0.05, 0.1) is 0 Å². The number of likely N-dealkylation sites (tertiary alicyclic amines) is 1. The van der Waals surface area contributed by atoms with Crippen LogP contribution in [-0.4, -0.2) is 78.6 Å². The van der Waals surface area contributed by atoms with Crippen molar-refractivity contribution in [1.82, 2.24) is 14.7 Å². The van der Waals surface area contributed by atoms with Gasteiger partial charge in [-0.25, -0.2) is 0 Å². The fraction of sp³-hybridized carbons (Fsp3) is 0.929. The topological polar surface area (TPSA) is 26.8 Å². The van der Waals surface area contributed by atoms with E-state index >= 15 is 0 Å². The van der Waals surface area contributed by atoms with Crippen molar-refractivity contribution < 1.29 is 4.79 Å². The van der Waals surface area contributed by atoms with E-state index in [2.05, 4.69) is 16.7 Å². The molecule has 0 unspecified atom stereocenters. The third-order valence-corrected chi connectivity index (χ3v) is 5.08. The van der Waals surface area contributed by atoms with Gasteiger partial charge in [-0.3, -0.25) is 9.69 Å². The molecule has 0 bridgehead atoms. The number of piperazine rings is 1. The molecule has 2 saturated heterocycles. The highest BCUT2D eigenvalue weighted by Crippen LogP contribution is 2.19. The Labute approximate surface area is 121 Å². The lowest BCUT2D eigenvalue weighted by Crippen LogP contribution is -2.49. The molecule has 2 heterocycles. The summed E-state index contributed by atoms with van der Waals surface area (Å²) in [4.78, 5) is 18.7. The van der Waals surface area contributed by atoms with Crippen LogP contribution in [0.25, 0.3) is 0 Å². The van der Waals surface area contributed by atoms with Crippen LogP contribution in [0.4, 0.5) is 4.79 Å². The van der Waals surface area contributed by atoms with Crippen molar-refractivity contribution in [2.75, 3.05) is 58.6 Å². The van der Waals surface area contributed by atoms with Gasteiger partial charge in [-0.15, -0.1) is 0 Å². The maximum atomic E-state index is 11.6. The molecule has 0 aromatic rings. The lowest BCUT2D eigenvalue weighted by Gasteiger charge is -2.38. The summed E-state index contributed by atoms with van der Waals surface area (Å²) in [5, 5.41) is 0.232. The third-order valence-electron chi connectivity index (χ3n) is 4.48. The number of carbonyl (C=O) groups excluding carboxylic acids is 1. The average Bonchev–Trinajstić information content (AvgIpc) is 2.48. The molecule has 0 aromatic carbocycles. The summed E-state index contributed by atoms with van der Waals surface area (Å²) in [7, 11) is 0. The monoisotopic (exact) mass is 285 g/mol. The molecule has 0 atom stereocenters. The SMILES string of the molecule is CCN1CCC(CN2CCN(C(=O)SC)CC2)CC1. The van der Waals surface area contributed by atoms with Crippen molar-refractivity contribution in [3.05, 3.63) is 0 Å². The minimum absolute atomic E-state index is 0.232. The highest BCUT2D eigenvalue weighted by Gasteiger charge is 2.24. The van der Waals surface area contributed by atoms with Gasteiger partial charge in [0.2, 0.25) is 0 Å². The minimum atomic E-state index is 0.232. The predicted octanol–water partition coefficient (Wildman–Crippen LogP) is 1.82. The van der Waals surface area contributed by atoms with Gasteiger partial charge in [-0.2, -0.15) is 0 Å². The van der Waals surface area contributed by atoms with E-state index in [9.17, 15) is 4.79 Å². The van der Waals surface area contributed by atoms with Gasteiger partial charge in [-0.05, 0) is 44.6 Å². The molecule has 2 aliphatic rings. The molecule has 19 heavy (non-hydrogen) atoms. The van der Waals surface area contributed by atoms with Crippen LogP contribution in [0.2, 0.25) is 0 Å². The van der Waals surface area contributed by atoms with Gasteiger partial charge in [0, 0.05) is 32.7 Å². The van der Waals surface area contributed by atoms with Crippen molar-refractivity contribution in [1.29, 1.82) is 0 Å². The zero-order valence-electron chi connectivity index (χ0n) is 12.3. The largest absolute Gasteiger partial charge is 0.331 e. The Balaban J connectivity index is 1.67. The number of piperidine rings is 1. The first-order valence-electron chi connectivity index (χ1n) is 7.50. The molecular weight excluding hydrogens is 258 g/mol. The van der Waals surface area contributed by atoms with Crippen LogP contribution in [-0.2, 0) is 0 Å². The van der Waals surface area contributed by atoms with E-state index in [1.165, 1.54) is 50.8 Å². The molecule has 4 nitrogen and oxygen atoms in total. The predicted molar refractivity (Wildman–Crippen MR) is 81.8 cm³/mol. The summed E-state index contributed by atoms with van der Waals surface area (Å²) in [6.45, 7) is 11.2. The van der Waals surface area contributed by atoms with E-state index in [1.54, 1.807) is 0 Å². The molecule has 1 amide bonds. The average molecular weight is 285 g/mol. The molecule has 0 radical (unpaired) electrons. The van der Waals surface area contributed by atoms with E-state index in [-0.39, 0.29) is 5.24 Å². The van der Waals surface area contributed by atoms with Crippen molar-refractivity contribution in [3.8, 4) is 0 Å². The molecular formula is C14H27N3OS. The summed E-state index contributed by atoms with van der Waals surface area (Å²) in [5.74, 6) is 0.866. The summed E-state index contributed by atoms with van der Waals surface area (Å²) >= 11 is 1.33. The minimum Gasteiger partial charge on any atom is -0.331 e. The Morgan fingerprint density at radius 2 is 1.68 bits per heavy atom. The number of rotatable bonds is 3. The van der Waals surface area contributed by atoms with E-state index in [1.807, 2.05) is 11.2 Å². The summed E-state index contributed by atoms with van der Waals surface area (Å²) < 4.78 is 0. The zero-order chi connectivity index (χ0) is 13.7. The van der Waals surface area contributed by atoms with Crippen LogP contribution in [0, 0.1) is 5.92 Å². The van der Waals surface area contributed by atoms with Crippen molar-refractivity contribution in [3.63, 3.8) is 0 Å². The Hall–Kier alpha value is -0.260. The number of hydrogen-bond donors (Lipinski definition) is 0. The van der Waals surface area contributed by atoms with Gasteiger partial charge >= 0.3 is 0 Å². The Bertz CT molecular complexity index is 284. The van der Waals surface area contributed by atoms with Gasteiger partial charge in [-0.1, -0.05) is 18.7 Å². The fourth-order valence-electron chi connectivity index (χ4n) is 3.09. The van der Waals surface area contributed by atoms with Crippen LogP contribution >= 0.6 is 11.8 Å². The van der Waals surface area contributed by atoms with E-state index < -0.39 is 0 Å². The number of amides is 1. The number of carbonyl (C=O) groups is 1. The zero-order valence-corrected chi connectivity index (χ0v) is 13.1. The van der Waals surface area contributed by atoms with E-state index in [4.69, 9.17) is 0 Å². The normalized spacial score (nSPS) is 23.8. The van der Waals surface area contributed by atoms with Crippen LogP contribution < -0.4 is 0 Å².